The molecule has 11 atom stereocenters. The van der Waals surface area contributed by atoms with Crippen molar-refractivity contribution < 1.29 is 14.3 Å². The third-order valence-corrected chi connectivity index (χ3v) is 15.4. The van der Waals surface area contributed by atoms with E-state index < -0.39 is 0 Å². The van der Waals surface area contributed by atoms with E-state index in [1.165, 1.54) is 70.6 Å². The largest absolute Gasteiger partial charge is 0.462 e. The van der Waals surface area contributed by atoms with Crippen LogP contribution in [0.2, 0.25) is 0 Å². The highest BCUT2D eigenvalue weighted by molar-refractivity contribution is 5.85. The Bertz CT molecular complexity index is 1160. The number of esters is 1. The average Bonchev–Trinajstić information content (AvgIpc) is 3.45. The van der Waals surface area contributed by atoms with Gasteiger partial charge in [0.2, 0.25) is 5.91 Å². The van der Waals surface area contributed by atoms with Gasteiger partial charge in [-0.1, -0.05) is 91.7 Å². The van der Waals surface area contributed by atoms with Gasteiger partial charge in [0.05, 0.1) is 6.42 Å². The topological polar surface area (TPSA) is 98.7 Å². The molecule has 0 saturated heterocycles. The molecular weight excluding hydrogens is 713 g/mol. The zero-order valence-corrected chi connectivity index (χ0v) is 37.7. The van der Waals surface area contributed by atoms with E-state index in [1.54, 1.807) is 5.57 Å². The number of carbonyl (C=O) groups excluding carboxylic acids is 2. The van der Waals surface area contributed by atoms with Crippen LogP contribution in [0.25, 0.3) is 0 Å². The van der Waals surface area contributed by atoms with E-state index in [4.69, 9.17) is 16.2 Å². The third kappa shape index (κ3) is 12.8. The highest BCUT2D eigenvalue weighted by Gasteiger charge is 2.59. The highest BCUT2D eigenvalue weighted by Crippen LogP contribution is 2.67. The van der Waals surface area contributed by atoms with Gasteiger partial charge >= 0.3 is 5.97 Å². The van der Waals surface area contributed by atoms with Gasteiger partial charge in [-0.25, -0.2) is 0 Å². The lowest BCUT2D eigenvalue weighted by Crippen LogP contribution is -2.51. The van der Waals surface area contributed by atoms with Crippen molar-refractivity contribution in [2.45, 2.75) is 202 Å². The minimum atomic E-state index is -0.212. The summed E-state index contributed by atoms with van der Waals surface area (Å²) in [5, 5.41) is 0. The molecule has 0 aromatic rings. The van der Waals surface area contributed by atoms with Crippen LogP contribution in [-0.2, 0) is 14.3 Å². The van der Waals surface area contributed by atoms with E-state index >= 15 is 0 Å². The van der Waals surface area contributed by atoms with Crippen LogP contribution in [-0.4, -0.2) is 48.1 Å². The molecule has 6 nitrogen and oxygen atoms in total. The molecule has 316 valence electrons. The molecule has 1 amide bonds. The Kier molecular flexibility index (Phi) is 21.0. The van der Waals surface area contributed by atoms with E-state index in [0.717, 1.165) is 92.9 Å². The lowest BCUT2D eigenvalue weighted by molar-refractivity contribution is -0.153. The Morgan fingerprint density at radius 1 is 0.815 bits per heavy atom. The van der Waals surface area contributed by atoms with Crippen LogP contribution in [0, 0.1) is 52.3 Å². The lowest BCUT2D eigenvalue weighted by atomic mass is 9.47. The zero-order valence-electron chi connectivity index (χ0n) is 36.1. The van der Waals surface area contributed by atoms with E-state index in [1.807, 2.05) is 11.8 Å². The molecule has 2 unspecified atom stereocenters. The van der Waals surface area contributed by atoms with E-state index in [0.29, 0.717) is 12.0 Å². The first-order valence-corrected chi connectivity index (χ1v) is 22.4. The summed E-state index contributed by atoms with van der Waals surface area (Å²) in [5.41, 5.74) is 14.2. The van der Waals surface area contributed by atoms with Crippen molar-refractivity contribution >= 4 is 36.7 Å². The normalized spacial score (nSPS) is 31.0. The summed E-state index contributed by atoms with van der Waals surface area (Å²) in [6, 6.07) is 0.324. The lowest BCUT2D eigenvalue weighted by Gasteiger charge is -2.58. The molecule has 0 aromatic heterocycles. The number of nitrogens with two attached hydrogens (primary N) is 2. The van der Waals surface area contributed by atoms with E-state index in [2.05, 4.69) is 54.5 Å². The molecule has 54 heavy (non-hydrogen) atoms. The molecule has 0 spiro atoms. The Morgan fingerprint density at radius 3 is 2.17 bits per heavy atom. The van der Waals surface area contributed by atoms with Gasteiger partial charge in [-0.3, -0.25) is 9.59 Å². The second kappa shape index (κ2) is 22.9. The second-order valence-corrected chi connectivity index (χ2v) is 19.5. The first-order chi connectivity index (χ1) is 24.7. The quantitative estimate of drug-likeness (QED) is 0.0684. The predicted molar refractivity (Wildman–Crippen MR) is 232 cm³/mol. The number of carbonyl (C=O) groups is 2. The van der Waals surface area contributed by atoms with Crippen molar-refractivity contribution in [3.8, 4) is 0 Å². The highest BCUT2D eigenvalue weighted by atomic mass is 35.5. The summed E-state index contributed by atoms with van der Waals surface area (Å²) in [6.07, 6.45) is 24.3. The third-order valence-electron chi connectivity index (χ3n) is 15.4. The number of rotatable bonds is 21. The molecule has 8 heteroatoms. The minimum Gasteiger partial charge on any atom is -0.462 e. The number of hydrogen-bond acceptors (Lipinski definition) is 5. The molecule has 3 saturated carbocycles. The number of halogens is 2. The fourth-order valence-corrected chi connectivity index (χ4v) is 12.0. The van der Waals surface area contributed by atoms with Crippen molar-refractivity contribution in [3.63, 3.8) is 0 Å². The summed E-state index contributed by atoms with van der Waals surface area (Å²) >= 11 is 0. The van der Waals surface area contributed by atoms with Crippen LogP contribution in [0.1, 0.15) is 184 Å². The van der Waals surface area contributed by atoms with Gasteiger partial charge in [-0.05, 0) is 137 Å². The molecule has 4 aliphatic rings. The number of amides is 1. The van der Waals surface area contributed by atoms with Crippen molar-refractivity contribution in [1.82, 2.24) is 4.90 Å². The molecule has 4 rings (SSSR count). The van der Waals surface area contributed by atoms with Crippen molar-refractivity contribution in [3.05, 3.63) is 11.6 Å². The number of nitrogens with zero attached hydrogens (tertiary/aromatic N) is 1. The van der Waals surface area contributed by atoms with Crippen molar-refractivity contribution in [2.75, 3.05) is 13.1 Å². The fraction of sp³-hybridized carbons (Fsp3) is 0.913. The van der Waals surface area contributed by atoms with Crippen molar-refractivity contribution in [1.29, 1.82) is 0 Å². The number of ether oxygens (including phenoxy) is 1. The molecule has 0 heterocycles. The first kappa shape index (κ1) is 49.3. The molecule has 4 N–H and O–H groups in total. The summed E-state index contributed by atoms with van der Waals surface area (Å²) in [6.45, 7) is 20.5. The maximum absolute atomic E-state index is 13.3. The van der Waals surface area contributed by atoms with E-state index in [-0.39, 0.29) is 73.1 Å². The molecule has 4 aliphatic carbocycles. The zero-order chi connectivity index (χ0) is 38.1. The molecule has 0 aliphatic heterocycles. The van der Waals surface area contributed by atoms with Crippen LogP contribution in [0.3, 0.4) is 0 Å². The molecule has 3 fully saturated rings. The number of fused-ring (bicyclic) bond motifs is 5. The summed E-state index contributed by atoms with van der Waals surface area (Å²) < 4.78 is 6.11. The smallest absolute Gasteiger partial charge is 0.306 e. The SMILES string of the molecule is CC[C@H](CC[C@@H](C)[C@H]1CC[C@H]2[C@@H]3CC=C4C[C@@H](OC(=O)CCC(=O)N(CCCCCCCC(C)N)CCC(C)N)CC[C@]4(C)[C@H]3CC[C@]12C)C(C)C.Cl.Cl. The van der Waals surface area contributed by atoms with Gasteiger partial charge in [-0.2, -0.15) is 0 Å². The van der Waals surface area contributed by atoms with Crippen LogP contribution >= 0.6 is 24.8 Å². The van der Waals surface area contributed by atoms with Crippen LogP contribution < -0.4 is 11.5 Å². The Hall–Kier alpha value is -0.820. The molecule has 0 aromatic carbocycles. The Balaban J connectivity index is 0.00000504. The molecule has 0 bridgehead atoms. The van der Waals surface area contributed by atoms with Crippen LogP contribution in [0.5, 0.6) is 0 Å². The van der Waals surface area contributed by atoms with Crippen molar-refractivity contribution in [2.24, 2.45) is 63.7 Å². The predicted octanol–water partition coefficient (Wildman–Crippen LogP) is 11.5. The van der Waals surface area contributed by atoms with Crippen LogP contribution in [0.4, 0.5) is 0 Å². The molecule has 0 radical (unpaired) electrons. The Labute approximate surface area is 345 Å². The van der Waals surface area contributed by atoms with E-state index in [9.17, 15) is 9.59 Å². The maximum Gasteiger partial charge on any atom is 0.306 e. The summed E-state index contributed by atoms with van der Waals surface area (Å²) in [5.74, 6) is 5.63. The minimum absolute atomic E-state index is 0. The Morgan fingerprint density at radius 2 is 1.50 bits per heavy atom. The fourth-order valence-electron chi connectivity index (χ4n) is 12.0. The maximum atomic E-state index is 13.3. The van der Waals surface area contributed by atoms with Gasteiger partial charge in [-0.15, -0.1) is 24.8 Å². The van der Waals surface area contributed by atoms with Crippen LogP contribution in [0.15, 0.2) is 11.6 Å². The monoisotopic (exact) mass is 798 g/mol. The number of unbranched alkanes of at least 4 members (excludes halogenated alkanes) is 4. The van der Waals surface area contributed by atoms with Gasteiger partial charge < -0.3 is 21.1 Å². The molecular formula is C46H85Cl2N3O3. The number of allylic oxidation sites excluding steroid dienone is 1. The summed E-state index contributed by atoms with van der Waals surface area (Å²) in [4.78, 5) is 28.3. The average molecular weight is 799 g/mol. The number of hydrogen-bond donors (Lipinski definition) is 2. The standard InChI is InChI=1S/C46H83N3O3.2ClH/c1-9-36(32(2)3)17-16-33(4)40-20-21-41-39-19-18-37-31-38(24-27-45(37,7)42(39)25-28-46(40,41)8)52-44(51)23-22-43(50)49(30-26-35(6)48)29-14-12-10-11-13-15-34(5)47;;/h18,32-36,38-42H,9-17,19-31,47-48H2,1-8H3;2*1H/t33-,34?,35?,36-,38+,39+,40-,41+,42+,45+,46-;;/m1../s1. The van der Waals surface area contributed by atoms with Gasteiger partial charge in [0, 0.05) is 38.0 Å². The van der Waals surface area contributed by atoms with Gasteiger partial charge in [0.15, 0.2) is 0 Å². The van der Waals surface area contributed by atoms with Gasteiger partial charge in [0.25, 0.3) is 0 Å². The van der Waals surface area contributed by atoms with Gasteiger partial charge in [0.1, 0.15) is 6.10 Å². The second-order valence-electron chi connectivity index (χ2n) is 19.5. The summed E-state index contributed by atoms with van der Waals surface area (Å²) in [7, 11) is 0. The first-order valence-electron chi connectivity index (χ1n) is 22.4.